The van der Waals surface area contributed by atoms with Gasteiger partial charge in [0.1, 0.15) is 0 Å². The highest BCUT2D eigenvalue weighted by Crippen LogP contribution is 2.28. The molecule has 20 heavy (non-hydrogen) atoms. The van der Waals surface area contributed by atoms with E-state index >= 15 is 0 Å². The fourth-order valence-electron chi connectivity index (χ4n) is 3.04. The summed E-state index contributed by atoms with van der Waals surface area (Å²) in [5, 5.41) is 0. The highest BCUT2D eigenvalue weighted by atomic mass is 79.9. The maximum absolute atomic E-state index is 12.7. The summed E-state index contributed by atoms with van der Waals surface area (Å²) in [6.45, 7) is 6.12. The van der Waals surface area contributed by atoms with Crippen molar-refractivity contribution in [3.05, 3.63) is 35.9 Å². The largest absolute Gasteiger partial charge is 0.342 e. The Bertz CT molecular complexity index is 424. The first-order valence-corrected chi connectivity index (χ1v) is 8.52. The Kier molecular flexibility index (Phi) is 5.64. The van der Waals surface area contributed by atoms with E-state index in [1.807, 2.05) is 18.2 Å². The second kappa shape index (κ2) is 7.26. The molecule has 0 radical (unpaired) electrons. The van der Waals surface area contributed by atoms with Gasteiger partial charge in [-0.2, -0.15) is 0 Å². The van der Waals surface area contributed by atoms with Gasteiger partial charge in [-0.15, -0.1) is 0 Å². The van der Waals surface area contributed by atoms with Gasteiger partial charge in [-0.25, -0.2) is 0 Å². The molecule has 0 aromatic heterocycles. The van der Waals surface area contributed by atoms with Crippen molar-refractivity contribution in [2.75, 3.05) is 13.1 Å². The van der Waals surface area contributed by atoms with Gasteiger partial charge in [0.2, 0.25) is 5.91 Å². The van der Waals surface area contributed by atoms with Crippen LogP contribution in [0, 0.1) is 5.92 Å². The van der Waals surface area contributed by atoms with Crippen molar-refractivity contribution in [1.29, 1.82) is 0 Å². The van der Waals surface area contributed by atoms with Crippen LogP contribution in [-0.2, 0) is 4.79 Å². The third-order valence-corrected chi connectivity index (χ3v) is 5.16. The second-order valence-corrected chi connectivity index (χ2v) is 7.16. The maximum atomic E-state index is 12.7. The highest BCUT2D eigenvalue weighted by molar-refractivity contribution is 9.09. The lowest BCUT2D eigenvalue weighted by molar-refractivity contribution is -0.134. The Balaban J connectivity index is 2.00. The molecule has 0 saturated carbocycles. The van der Waals surface area contributed by atoms with Crippen LogP contribution in [0.1, 0.15) is 44.6 Å². The second-order valence-electron chi connectivity index (χ2n) is 5.71. The van der Waals surface area contributed by atoms with Gasteiger partial charge < -0.3 is 4.90 Å². The first kappa shape index (κ1) is 15.6. The summed E-state index contributed by atoms with van der Waals surface area (Å²) in [5.74, 6) is 1.03. The lowest BCUT2D eigenvalue weighted by atomic mass is 9.91. The van der Waals surface area contributed by atoms with Crippen molar-refractivity contribution in [2.24, 2.45) is 5.92 Å². The molecule has 0 spiro atoms. The molecule has 1 amide bonds. The summed E-state index contributed by atoms with van der Waals surface area (Å²) in [6, 6.07) is 10.2. The highest BCUT2D eigenvalue weighted by Gasteiger charge is 2.29. The smallest absolute Gasteiger partial charge is 0.230 e. The number of halogens is 1. The summed E-state index contributed by atoms with van der Waals surface area (Å²) in [7, 11) is 0. The van der Waals surface area contributed by atoms with Gasteiger partial charge in [-0.05, 0) is 30.7 Å². The Morgan fingerprint density at radius 3 is 2.40 bits per heavy atom. The van der Waals surface area contributed by atoms with Gasteiger partial charge >= 0.3 is 0 Å². The molecule has 2 nitrogen and oxygen atoms in total. The van der Waals surface area contributed by atoms with Crippen molar-refractivity contribution in [1.82, 2.24) is 4.90 Å². The molecular formula is C17H24BrNO. The summed E-state index contributed by atoms with van der Waals surface area (Å²) < 4.78 is 0. The fourth-order valence-corrected chi connectivity index (χ4v) is 3.57. The molecule has 1 aromatic rings. The van der Waals surface area contributed by atoms with E-state index < -0.39 is 0 Å². The Labute approximate surface area is 130 Å². The monoisotopic (exact) mass is 337 g/mol. The predicted octanol–water partition coefficient (Wildman–Crippen LogP) is 4.20. The van der Waals surface area contributed by atoms with Crippen LogP contribution in [0.15, 0.2) is 30.3 Å². The van der Waals surface area contributed by atoms with Crippen LogP contribution in [0.5, 0.6) is 0 Å². The number of amides is 1. The van der Waals surface area contributed by atoms with E-state index in [2.05, 4.69) is 46.8 Å². The average molecular weight is 338 g/mol. The number of piperidine rings is 1. The molecule has 0 aliphatic carbocycles. The normalized spacial score (nSPS) is 19.6. The van der Waals surface area contributed by atoms with Crippen LogP contribution >= 0.6 is 15.9 Å². The quantitative estimate of drug-likeness (QED) is 0.754. The maximum Gasteiger partial charge on any atom is 0.230 e. The van der Waals surface area contributed by atoms with E-state index in [-0.39, 0.29) is 5.92 Å². The first-order valence-electron chi connectivity index (χ1n) is 7.61. The third kappa shape index (κ3) is 3.63. The molecule has 2 atom stereocenters. The van der Waals surface area contributed by atoms with Gasteiger partial charge in [-0.3, -0.25) is 4.79 Å². The zero-order chi connectivity index (χ0) is 14.5. The van der Waals surface area contributed by atoms with Gasteiger partial charge in [0.05, 0.1) is 5.92 Å². The SMILES string of the molecule is CCC(C(=O)N1CCC(C(C)Br)CC1)c1ccccc1. The van der Waals surface area contributed by atoms with E-state index in [0.29, 0.717) is 16.7 Å². The van der Waals surface area contributed by atoms with Crippen LogP contribution in [0.4, 0.5) is 0 Å². The molecule has 1 aliphatic rings. The van der Waals surface area contributed by atoms with Crippen LogP contribution in [0.2, 0.25) is 0 Å². The predicted molar refractivity (Wildman–Crippen MR) is 87.2 cm³/mol. The van der Waals surface area contributed by atoms with Gasteiger partial charge in [0, 0.05) is 17.9 Å². The van der Waals surface area contributed by atoms with Crippen molar-refractivity contribution in [2.45, 2.75) is 43.9 Å². The lowest BCUT2D eigenvalue weighted by Gasteiger charge is -2.35. The average Bonchev–Trinajstić information content (AvgIpc) is 2.49. The van der Waals surface area contributed by atoms with Gasteiger partial charge in [0.25, 0.3) is 0 Å². The first-order chi connectivity index (χ1) is 9.63. The summed E-state index contributed by atoms with van der Waals surface area (Å²) >= 11 is 3.67. The number of rotatable bonds is 4. The molecule has 2 rings (SSSR count). The van der Waals surface area contributed by atoms with E-state index in [1.165, 1.54) is 0 Å². The van der Waals surface area contributed by atoms with Crippen LogP contribution in [-0.4, -0.2) is 28.7 Å². The molecule has 1 aliphatic heterocycles. The van der Waals surface area contributed by atoms with E-state index in [4.69, 9.17) is 0 Å². The standard InChI is InChI=1S/C17H24BrNO/c1-3-16(15-7-5-4-6-8-15)17(20)19-11-9-14(10-12-19)13(2)18/h4-8,13-14,16H,3,9-12H2,1-2H3. The molecule has 0 N–H and O–H groups in total. The number of hydrogen-bond acceptors (Lipinski definition) is 1. The van der Waals surface area contributed by atoms with Gasteiger partial charge in [0.15, 0.2) is 0 Å². The van der Waals surface area contributed by atoms with Crippen LogP contribution in [0.25, 0.3) is 0 Å². The molecule has 110 valence electrons. The minimum absolute atomic E-state index is 0.0224. The molecule has 1 fully saturated rings. The molecular weight excluding hydrogens is 314 g/mol. The zero-order valence-electron chi connectivity index (χ0n) is 12.4. The number of carbonyl (C=O) groups excluding carboxylic acids is 1. The Morgan fingerprint density at radius 1 is 1.30 bits per heavy atom. The topological polar surface area (TPSA) is 20.3 Å². The number of nitrogens with zero attached hydrogens (tertiary/aromatic N) is 1. The van der Waals surface area contributed by atoms with E-state index in [9.17, 15) is 4.79 Å². The summed E-state index contributed by atoms with van der Waals surface area (Å²) in [4.78, 5) is 15.3. The number of likely N-dealkylation sites (tertiary alicyclic amines) is 1. The number of alkyl halides is 1. The number of hydrogen-bond donors (Lipinski definition) is 0. The molecule has 1 heterocycles. The third-order valence-electron chi connectivity index (χ3n) is 4.41. The number of carbonyl (C=O) groups is 1. The van der Waals surface area contributed by atoms with Crippen molar-refractivity contribution in [3.63, 3.8) is 0 Å². The van der Waals surface area contributed by atoms with Crippen molar-refractivity contribution < 1.29 is 4.79 Å². The minimum atomic E-state index is 0.0224. The van der Waals surface area contributed by atoms with Crippen LogP contribution < -0.4 is 0 Å². The van der Waals surface area contributed by atoms with Crippen molar-refractivity contribution in [3.8, 4) is 0 Å². The van der Waals surface area contributed by atoms with E-state index in [1.54, 1.807) is 0 Å². The Morgan fingerprint density at radius 2 is 1.90 bits per heavy atom. The van der Waals surface area contributed by atoms with Gasteiger partial charge in [-0.1, -0.05) is 60.1 Å². The zero-order valence-corrected chi connectivity index (χ0v) is 14.0. The molecule has 2 unspecified atom stereocenters. The molecule has 1 aromatic carbocycles. The van der Waals surface area contributed by atoms with Crippen LogP contribution in [0.3, 0.4) is 0 Å². The summed E-state index contributed by atoms with van der Waals surface area (Å²) in [5.41, 5.74) is 1.15. The molecule has 0 bridgehead atoms. The van der Waals surface area contributed by atoms with E-state index in [0.717, 1.165) is 37.9 Å². The summed E-state index contributed by atoms with van der Waals surface area (Å²) in [6.07, 6.45) is 3.10. The number of benzene rings is 1. The fraction of sp³-hybridized carbons (Fsp3) is 0.588. The molecule has 3 heteroatoms. The Hall–Kier alpha value is -0.830. The minimum Gasteiger partial charge on any atom is -0.342 e. The lowest BCUT2D eigenvalue weighted by Crippen LogP contribution is -2.42. The molecule has 1 saturated heterocycles. The van der Waals surface area contributed by atoms with Crippen molar-refractivity contribution >= 4 is 21.8 Å².